The molecular weight excluding hydrogens is 218 g/mol. The third kappa shape index (κ3) is 3.74. The van der Waals surface area contributed by atoms with E-state index >= 15 is 0 Å². The minimum Gasteiger partial charge on any atom is -0.296 e. The summed E-state index contributed by atoms with van der Waals surface area (Å²) in [5, 5.41) is 0. The van der Waals surface area contributed by atoms with Gasteiger partial charge in [-0.3, -0.25) is 4.99 Å². The molecule has 1 saturated carbocycles. The van der Waals surface area contributed by atoms with Gasteiger partial charge < -0.3 is 0 Å². The second-order valence-electron chi connectivity index (χ2n) is 5.16. The normalized spacial score (nSPS) is 16.3. The number of hydrogen-bond donors (Lipinski definition) is 0. The maximum Gasteiger partial charge on any atom is 0.0666 e. The quantitative estimate of drug-likeness (QED) is 0.428. The van der Waals surface area contributed by atoms with E-state index in [-0.39, 0.29) is 5.41 Å². The number of unbranched alkanes of at least 4 members (excludes halogenated alkanes) is 1. The lowest BCUT2D eigenvalue weighted by Gasteiger charge is -1.98. The molecule has 0 saturated heterocycles. The van der Waals surface area contributed by atoms with E-state index in [1.165, 1.54) is 31.2 Å². The number of benzene rings is 1. The highest BCUT2D eigenvalue weighted by atomic mass is 14.7. The largest absolute Gasteiger partial charge is 0.296 e. The summed E-state index contributed by atoms with van der Waals surface area (Å²) in [5.41, 5.74) is 2.48. The van der Waals surface area contributed by atoms with E-state index in [1.54, 1.807) is 0 Å². The van der Waals surface area contributed by atoms with Gasteiger partial charge in [-0.1, -0.05) is 42.9 Å². The fourth-order valence-corrected chi connectivity index (χ4v) is 1.74. The minimum absolute atomic E-state index is 0.0959. The molecule has 1 aliphatic rings. The zero-order chi connectivity index (χ0) is 12.8. The molecule has 0 radical (unpaired) electrons. The van der Waals surface area contributed by atoms with E-state index in [2.05, 4.69) is 61.2 Å². The van der Waals surface area contributed by atoms with Crippen LogP contribution in [0.15, 0.2) is 29.3 Å². The molecule has 1 nitrogen and oxygen atoms in total. The van der Waals surface area contributed by atoms with E-state index in [1.807, 2.05) is 0 Å². The first-order valence-corrected chi connectivity index (χ1v) is 6.85. The summed E-state index contributed by atoms with van der Waals surface area (Å²) >= 11 is 0. The second-order valence-corrected chi connectivity index (χ2v) is 5.16. The van der Waals surface area contributed by atoms with Crippen molar-refractivity contribution in [3.05, 3.63) is 35.4 Å². The number of hydrogen-bond acceptors (Lipinski definition) is 1. The van der Waals surface area contributed by atoms with Gasteiger partial charge in [0.2, 0.25) is 0 Å². The van der Waals surface area contributed by atoms with E-state index < -0.39 is 0 Å². The molecule has 1 fully saturated rings. The van der Waals surface area contributed by atoms with Crippen molar-refractivity contribution in [1.29, 1.82) is 0 Å². The van der Waals surface area contributed by atoms with Crippen molar-refractivity contribution in [2.75, 3.05) is 6.54 Å². The van der Waals surface area contributed by atoms with E-state index in [9.17, 15) is 0 Å². The highest BCUT2D eigenvalue weighted by Crippen LogP contribution is 2.43. The maximum atomic E-state index is 4.49. The van der Waals surface area contributed by atoms with Crippen LogP contribution >= 0.6 is 0 Å². The molecule has 0 bridgehead atoms. The molecule has 18 heavy (non-hydrogen) atoms. The Hall–Kier alpha value is -1.55. The molecule has 1 aliphatic carbocycles. The number of rotatable bonds is 4. The summed E-state index contributed by atoms with van der Waals surface area (Å²) in [6.45, 7) is 5.24. The average Bonchev–Trinajstić information content (AvgIpc) is 3.15. The maximum absolute atomic E-state index is 4.49. The molecular formula is C17H21N. The van der Waals surface area contributed by atoms with Gasteiger partial charge in [-0.2, -0.15) is 0 Å². The van der Waals surface area contributed by atoms with Crippen LogP contribution in [-0.4, -0.2) is 12.8 Å². The lowest BCUT2D eigenvalue weighted by atomic mass is 10.1. The molecule has 0 unspecified atom stereocenters. The van der Waals surface area contributed by atoms with Crippen LogP contribution in [-0.2, 0) is 0 Å². The predicted octanol–water partition coefficient (Wildman–Crippen LogP) is 4.00. The summed E-state index contributed by atoms with van der Waals surface area (Å²) in [4.78, 5) is 4.49. The summed E-state index contributed by atoms with van der Waals surface area (Å²) in [5.74, 6) is 6.66. The van der Waals surface area contributed by atoms with Crippen molar-refractivity contribution in [3.63, 3.8) is 0 Å². The van der Waals surface area contributed by atoms with Crippen molar-refractivity contribution < 1.29 is 0 Å². The van der Waals surface area contributed by atoms with Crippen molar-refractivity contribution >= 4 is 6.21 Å². The van der Waals surface area contributed by atoms with Gasteiger partial charge in [-0.05, 0) is 38.3 Å². The molecule has 0 atom stereocenters. The molecule has 1 aromatic rings. The minimum atomic E-state index is 0.0959. The van der Waals surface area contributed by atoms with Gasteiger partial charge >= 0.3 is 0 Å². The fraction of sp³-hybridized carbons (Fsp3) is 0.471. The molecule has 94 valence electrons. The molecule has 1 aromatic carbocycles. The Labute approximate surface area is 110 Å². The van der Waals surface area contributed by atoms with Gasteiger partial charge in [0.25, 0.3) is 0 Å². The van der Waals surface area contributed by atoms with Crippen LogP contribution in [0.3, 0.4) is 0 Å². The average molecular weight is 239 g/mol. The molecule has 0 spiro atoms. The van der Waals surface area contributed by atoms with Crippen LogP contribution in [0.25, 0.3) is 0 Å². The summed E-state index contributed by atoms with van der Waals surface area (Å²) in [6.07, 6.45) is 6.81. The second kappa shape index (κ2) is 5.87. The third-order valence-corrected chi connectivity index (χ3v) is 3.28. The van der Waals surface area contributed by atoms with Crippen molar-refractivity contribution in [2.45, 2.75) is 39.5 Å². The molecule has 2 rings (SSSR count). The van der Waals surface area contributed by atoms with Gasteiger partial charge in [0.1, 0.15) is 0 Å². The first-order valence-electron chi connectivity index (χ1n) is 6.85. The topological polar surface area (TPSA) is 12.4 Å². The molecule has 0 aliphatic heterocycles. The zero-order valence-corrected chi connectivity index (χ0v) is 11.4. The SMILES string of the molecule is CCCCN=CC1(C#Cc2ccc(C)cc2)CC1. The molecule has 0 amide bonds. The third-order valence-electron chi connectivity index (χ3n) is 3.28. The van der Waals surface area contributed by atoms with E-state index in [4.69, 9.17) is 0 Å². The van der Waals surface area contributed by atoms with Crippen molar-refractivity contribution in [1.82, 2.24) is 0 Å². The van der Waals surface area contributed by atoms with Crippen LogP contribution in [0.4, 0.5) is 0 Å². The van der Waals surface area contributed by atoms with Crippen LogP contribution in [0.2, 0.25) is 0 Å². The Morgan fingerprint density at radius 2 is 2.00 bits per heavy atom. The number of aryl methyl sites for hydroxylation is 1. The first kappa shape index (κ1) is 12.9. The molecule has 1 heteroatoms. The highest BCUT2D eigenvalue weighted by Gasteiger charge is 2.39. The van der Waals surface area contributed by atoms with Crippen molar-refractivity contribution in [2.24, 2.45) is 10.4 Å². The van der Waals surface area contributed by atoms with Crippen LogP contribution in [0.5, 0.6) is 0 Å². The van der Waals surface area contributed by atoms with Gasteiger partial charge in [0, 0.05) is 18.3 Å². The Morgan fingerprint density at radius 3 is 2.61 bits per heavy atom. The summed E-state index contributed by atoms with van der Waals surface area (Å²) in [7, 11) is 0. The smallest absolute Gasteiger partial charge is 0.0666 e. The number of nitrogens with zero attached hydrogens (tertiary/aromatic N) is 1. The fourth-order valence-electron chi connectivity index (χ4n) is 1.74. The lowest BCUT2D eigenvalue weighted by Crippen LogP contribution is -1.98. The van der Waals surface area contributed by atoms with Crippen molar-refractivity contribution in [3.8, 4) is 11.8 Å². The standard InChI is InChI=1S/C17H21N/c1-3-4-13-18-14-17(11-12-17)10-9-16-7-5-15(2)6-8-16/h5-8,14H,3-4,11-13H2,1-2H3. The monoisotopic (exact) mass is 239 g/mol. The Bertz CT molecular complexity index is 467. The summed E-state index contributed by atoms with van der Waals surface area (Å²) in [6, 6.07) is 8.40. The van der Waals surface area contributed by atoms with Gasteiger partial charge in [0.15, 0.2) is 0 Å². The zero-order valence-electron chi connectivity index (χ0n) is 11.4. The van der Waals surface area contributed by atoms with Gasteiger partial charge in [-0.15, -0.1) is 0 Å². The Kier molecular flexibility index (Phi) is 4.20. The predicted molar refractivity (Wildman–Crippen MR) is 78.0 cm³/mol. The number of aliphatic imine (C=N–C) groups is 1. The van der Waals surface area contributed by atoms with Crippen LogP contribution < -0.4 is 0 Å². The lowest BCUT2D eigenvalue weighted by molar-refractivity contribution is 0.803. The molecule has 0 heterocycles. The van der Waals surface area contributed by atoms with Crippen LogP contribution in [0, 0.1) is 24.2 Å². The first-order chi connectivity index (χ1) is 8.74. The Balaban J connectivity index is 1.96. The van der Waals surface area contributed by atoms with E-state index in [0.717, 1.165) is 12.1 Å². The molecule has 0 aromatic heterocycles. The highest BCUT2D eigenvalue weighted by molar-refractivity contribution is 5.74. The molecule has 0 N–H and O–H groups in total. The van der Waals surface area contributed by atoms with E-state index in [0.29, 0.717) is 0 Å². The summed E-state index contributed by atoms with van der Waals surface area (Å²) < 4.78 is 0. The van der Waals surface area contributed by atoms with Gasteiger partial charge in [0.05, 0.1) is 5.41 Å². The Morgan fingerprint density at radius 1 is 1.28 bits per heavy atom. The van der Waals surface area contributed by atoms with Gasteiger partial charge in [-0.25, -0.2) is 0 Å². The van der Waals surface area contributed by atoms with Crippen LogP contribution in [0.1, 0.15) is 43.7 Å².